The van der Waals surface area contributed by atoms with Gasteiger partial charge in [0.15, 0.2) is 11.5 Å². The second kappa shape index (κ2) is 7.17. The number of hydrogen-bond donors (Lipinski definition) is 2. The minimum absolute atomic E-state index is 0.279. The summed E-state index contributed by atoms with van der Waals surface area (Å²) < 4.78 is 10.8. The van der Waals surface area contributed by atoms with Crippen LogP contribution in [0.4, 0.5) is 17.5 Å². The molecule has 0 radical (unpaired) electrons. The minimum atomic E-state index is 0.279. The summed E-state index contributed by atoms with van der Waals surface area (Å²) in [5.41, 5.74) is 1.86. The lowest BCUT2D eigenvalue weighted by Crippen LogP contribution is -2.20. The third-order valence-corrected chi connectivity index (χ3v) is 4.69. The molecule has 1 aliphatic carbocycles. The van der Waals surface area contributed by atoms with Gasteiger partial charge in [-0.15, -0.1) is 0 Å². The molecule has 0 atom stereocenters. The van der Waals surface area contributed by atoms with Crippen LogP contribution in [0.25, 0.3) is 0 Å². The molecule has 2 N–H and O–H groups in total. The summed E-state index contributed by atoms with van der Waals surface area (Å²) in [5, 5.41) is 6.86. The van der Waals surface area contributed by atoms with E-state index in [2.05, 4.69) is 20.6 Å². The van der Waals surface area contributed by atoms with Gasteiger partial charge in [0.1, 0.15) is 5.82 Å². The van der Waals surface area contributed by atoms with Crippen LogP contribution in [0.3, 0.4) is 0 Å². The SMILES string of the molecule is Cc1cc(Nc2ccc3c(c2)OCO3)nc(NC2CCCCCC2)n1. The van der Waals surface area contributed by atoms with E-state index in [0.29, 0.717) is 12.0 Å². The second-order valence-electron chi connectivity index (χ2n) is 6.74. The quantitative estimate of drug-likeness (QED) is 0.805. The van der Waals surface area contributed by atoms with Gasteiger partial charge in [0.05, 0.1) is 0 Å². The van der Waals surface area contributed by atoms with E-state index in [9.17, 15) is 0 Å². The summed E-state index contributed by atoms with van der Waals surface area (Å²) in [4.78, 5) is 9.19. The van der Waals surface area contributed by atoms with Crippen molar-refractivity contribution in [3.63, 3.8) is 0 Å². The normalized spacial score (nSPS) is 17.2. The van der Waals surface area contributed by atoms with Crippen LogP contribution in [0.2, 0.25) is 0 Å². The van der Waals surface area contributed by atoms with E-state index in [4.69, 9.17) is 9.47 Å². The number of hydrogen-bond acceptors (Lipinski definition) is 6. The lowest BCUT2D eigenvalue weighted by Gasteiger charge is -2.17. The van der Waals surface area contributed by atoms with E-state index in [1.54, 1.807) is 0 Å². The summed E-state index contributed by atoms with van der Waals surface area (Å²) >= 11 is 0. The molecule has 0 bridgehead atoms. The average Bonchev–Trinajstić information content (AvgIpc) is 2.90. The summed E-state index contributed by atoms with van der Waals surface area (Å²) in [7, 11) is 0. The number of ether oxygens (including phenoxy) is 2. The first-order chi connectivity index (χ1) is 12.3. The van der Waals surface area contributed by atoms with Crippen LogP contribution in [0.1, 0.15) is 44.2 Å². The Morgan fingerprint density at radius 2 is 1.76 bits per heavy atom. The van der Waals surface area contributed by atoms with Crippen molar-refractivity contribution >= 4 is 17.5 Å². The van der Waals surface area contributed by atoms with E-state index in [-0.39, 0.29) is 6.79 Å². The molecule has 132 valence electrons. The molecule has 0 unspecified atom stereocenters. The maximum Gasteiger partial charge on any atom is 0.231 e. The molecule has 1 saturated carbocycles. The van der Waals surface area contributed by atoms with Crippen LogP contribution in [0, 0.1) is 6.92 Å². The highest BCUT2D eigenvalue weighted by molar-refractivity contribution is 5.62. The maximum atomic E-state index is 5.43. The standard InChI is InChI=1S/C19H24N4O2/c1-13-10-18(21-15-8-9-16-17(11-15)25-12-24-16)23-19(20-13)22-14-6-4-2-3-5-7-14/h8-11,14H,2-7,12H2,1H3,(H2,20,21,22,23). The molecule has 0 saturated heterocycles. The molecular weight excluding hydrogens is 316 g/mol. The first kappa shape index (κ1) is 16.0. The topological polar surface area (TPSA) is 68.3 Å². The predicted molar refractivity (Wildman–Crippen MR) is 97.7 cm³/mol. The molecule has 6 nitrogen and oxygen atoms in total. The summed E-state index contributed by atoms with van der Waals surface area (Å²) in [6.07, 6.45) is 7.63. The van der Waals surface area contributed by atoms with E-state index in [0.717, 1.165) is 28.7 Å². The Hall–Kier alpha value is -2.50. The molecule has 1 aliphatic heterocycles. The van der Waals surface area contributed by atoms with E-state index in [1.165, 1.54) is 38.5 Å². The molecule has 1 aromatic carbocycles. The van der Waals surface area contributed by atoms with Crippen LogP contribution in [-0.4, -0.2) is 22.8 Å². The monoisotopic (exact) mass is 340 g/mol. The Labute approximate surface area is 148 Å². The molecule has 0 spiro atoms. The van der Waals surface area contributed by atoms with Crippen molar-refractivity contribution in [1.82, 2.24) is 9.97 Å². The molecule has 4 rings (SSSR count). The van der Waals surface area contributed by atoms with Crippen molar-refractivity contribution in [2.24, 2.45) is 0 Å². The number of fused-ring (bicyclic) bond motifs is 1. The first-order valence-corrected chi connectivity index (χ1v) is 9.05. The average molecular weight is 340 g/mol. The highest BCUT2D eigenvalue weighted by Gasteiger charge is 2.15. The lowest BCUT2D eigenvalue weighted by atomic mass is 10.1. The number of aryl methyl sites for hydroxylation is 1. The maximum absolute atomic E-state index is 5.43. The molecule has 1 aromatic heterocycles. The summed E-state index contributed by atoms with van der Waals surface area (Å²) in [5.74, 6) is 3.02. The molecular formula is C19H24N4O2. The van der Waals surface area contributed by atoms with Gasteiger partial charge >= 0.3 is 0 Å². The summed E-state index contributed by atoms with van der Waals surface area (Å²) in [6, 6.07) is 8.22. The zero-order valence-corrected chi connectivity index (χ0v) is 14.5. The van der Waals surface area contributed by atoms with Crippen molar-refractivity contribution in [3.05, 3.63) is 30.0 Å². The fourth-order valence-corrected chi connectivity index (χ4v) is 3.43. The van der Waals surface area contributed by atoms with Crippen LogP contribution < -0.4 is 20.1 Å². The molecule has 1 fully saturated rings. The van der Waals surface area contributed by atoms with Gasteiger partial charge in [-0.05, 0) is 31.9 Å². The Morgan fingerprint density at radius 3 is 2.60 bits per heavy atom. The van der Waals surface area contributed by atoms with Crippen molar-refractivity contribution in [2.75, 3.05) is 17.4 Å². The molecule has 6 heteroatoms. The number of rotatable bonds is 4. The Balaban J connectivity index is 1.49. The fourth-order valence-electron chi connectivity index (χ4n) is 3.43. The zero-order valence-electron chi connectivity index (χ0n) is 14.5. The largest absolute Gasteiger partial charge is 0.454 e. The molecule has 2 heterocycles. The van der Waals surface area contributed by atoms with Gasteiger partial charge in [-0.25, -0.2) is 4.98 Å². The smallest absolute Gasteiger partial charge is 0.231 e. The molecule has 0 amide bonds. The van der Waals surface area contributed by atoms with Gasteiger partial charge in [0, 0.05) is 29.6 Å². The number of benzene rings is 1. The van der Waals surface area contributed by atoms with E-state index in [1.807, 2.05) is 31.2 Å². The van der Waals surface area contributed by atoms with Crippen LogP contribution in [0.5, 0.6) is 11.5 Å². The third kappa shape index (κ3) is 3.95. The Kier molecular flexibility index (Phi) is 4.59. The van der Waals surface area contributed by atoms with Crippen molar-refractivity contribution in [3.8, 4) is 11.5 Å². The van der Waals surface area contributed by atoms with Gasteiger partial charge in [0.2, 0.25) is 12.7 Å². The molecule has 2 aromatic rings. The zero-order chi connectivity index (χ0) is 17.1. The number of anilines is 3. The highest BCUT2D eigenvalue weighted by atomic mass is 16.7. The van der Waals surface area contributed by atoms with Crippen LogP contribution >= 0.6 is 0 Å². The predicted octanol–water partition coefficient (Wildman–Crippen LogP) is 4.39. The molecule has 2 aliphatic rings. The highest BCUT2D eigenvalue weighted by Crippen LogP contribution is 2.35. The van der Waals surface area contributed by atoms with Gasteiger partial charge in [-0.2, -0.15) is 4.98 Å². The van der Waals surface area contributed by atoms with Crippen molar-refractivity contribution in [1.29, 1.82) is 0 Å². The van der Waals surface area contributed by atoms with Crippen LogP contribution in [-0.2, 0) is 0 Å². The number of aromatic nitrogens is 2. The second-order valence-corrected chi connectivity index (χ2v) is 6.74. The lowest BCUT2D eigenvalue weighted by molar-refractivity contribution is 0.174. The Morgan fingerprint density at radius 1 is 0.960 bits per heavy atom. The van der Waals surface area contributed by atoms with Gasteiger partial charge in [-0.3, -0.25) is 0 Å². The third-order valence-electron chi connectivity index (χ3n) is 4.69. The number of nitrogens with one attached hydrogen (secondary N) is 2. The van der Waals surface area contributed by atoms with E-state index < -0.39 is 0 Å². The number of nitrogens with zero attached hydrogens (tertiary/aromatic N) is 2. The first-order valence-electron chi connectivity index (χ1n) is 9.05. The fraction of sp³-hybridized carbons (Fsp3) is 0.474. The molecule has 25 heavy (non-hydrogen) atoms. The summed E-state index contributed by atoms with van der Waals surface area (Å²) in [6.45, 7) is 2.27. The van der Waals surface area contributed by atoms with Gasteiger partial charge in [-0.1, -0.05) is 25.7 Å². The Bertz CT molecular complexity index is 742. The van der Waals surface area contributed by atoms with Gasteiger partial charge in [0.25, 0.3) is 0 Å². The van der Waals surface area contributed by atoms with Gasteiger partial charge < -0.3 is 20.1 Å². The van der Waals surface area contributed by atoms with E-state index >= 15 is 0 Å². The minimum Gasteiger partial charge on any atom is -0.454 e. The van der Waals surface area contributed by atoms with Crippen molar-refractivity contribution in [2.45, 2.75) is 51.5 Å². The van der Waals surface area contributed by atoms with Crippen molar-refractivity contribution < 1.29 is 9.47 Å². The van der Waals surface area contributed by atoms with Crippen LogP contribution in [0.15, 0.2) is 24.3 Å².